The minimum absolute atomic E-state index is 0.215. The van der Waals surface area contributed by atoms with Crippen LogP contribution in [0.4, 0.5) is 0 Å². The SMILES string of the molecule is CCn1nccc1C(N)c1nccn1C. The van der Waals surface area contributed by atoms with Crippen LogP contribution >= 0.6 is 0 Å². The molecule has 0 aliphatic carbocycles. The van der Waals surface area contributed by atoms with E-state index in [0.29, 0.717) is 0 Å². The van der Waals surface area contributed by atoms with E-state index in [0.717, 1.165) is 18.1 Å². The molecule has 2 aromatic rings. The molecular weight excluding hydrogens is 190 g/mol. The summed E-state index contributed by atoms with van der Waals surface area (Å²) in [6.45, 7) is 2.86. The van der Waals surface area contributed by atoms with Gasteiger partial charge in [-0.1, -0.05) is 0 Å². The highest BCUT2D eigenvalue weighted by Crippen LogP contribution is 2.16. The van der Waals surface area contributed by atoms with E-state index in [1.807, 2.05) is 35.5 Å². The van der Waals surface area contributed by atoms with Crippen LogP contribution in [-0.2, 0) is 13.6 Å². The van der Waals surface area contributed by atoms with Gasteiger partial charge < -0.3 is 10.3 Å². The van der Waals surface area contributed by atoms with Crippen LogP contribution in [0.15, 0.2) is 24.7 Å². The van der Waals surface area contributed by atoms with Gasteiger partial charge in [-0.05, 0) is 13.0 Å². The lowest BCUT2D eigenvalue weighted by molar-refractivity contribution is 0.581. The maximum atomic E-state index is 6.14. The maximum Gasteiger partial charge on any atom is 0.131 e. The highest BCUT2D eigenvalue weighted by molar-refractivity contribution is 5.16. The molecule has 0 radical (unpaired) electrons. The first-order valence-corrected chi connectivity index (χ1v) is 4.98. The molecule has 2 rings (SSSR count). The molecule has 5 nitrogen and oxygen atoms in total. The van der Waals surface area contributed by atoms with Crippen LogP contribution in [-0.4, -0.2) is 19.3 Å². The number of nitrogens with zero attached hydrogens (tertiary/aromatic N) is 4. The second-order valence-corrected chi connectivity index (χ2v) is 3.45. The molecule has 2 aromatic heterocycles. The first-order valence-electron chi connectivity index (χ1n) is 4.98. The molecule has 0 fully saturated rings. The van der Waals surface area contributed by atoms with E-state index in [9.17, 15) is 0 Å². The molecule has 0 bridgehead atoms. The summed E-state index contributed by atoms with van der Waals surface area (Å²) in [5.74, 6) is 0.852. The normalized spacial score (nSPS) is 13.0. The first kappa shape index (κ1) is 9.92. The van der Waals surface area contributed by atoms with Crippen molar-refractivity contribution in [2.45, 2.75) is 19.5 Å². The van der Waals surface area contributed by atoms with Crippen LogP contribution in [0.1, 0.15) is 24.5 Å². The number of nitrogens with two attached hydrogens (primary N) is 1. The zero-order chi connectivity index (χ0) is 10.8. The average molecular weight is 205 g/mol. The molecule has 0 saturated heterocycles. The molecule has 0 aliphatic heterocycles. The van der Waals surface area contributed by atoms with Crippen molar-refractivity contribution in [2.75, 3.05) is 0 Å². The standard InChI is InChI=1S/C10H15N5/c1-3-15-8(4-5-13-15)9(11)10-12-6-7-14(10)2/h4-7,9H,3,11H2,1-2H3. The van der Waals surface area contributed by atoms with Crippen LogP contribution in [0.25, 0.3) is 0 Å². The Hall–Kier alpha value is -1.62. The van der Waals surface area contributed by atoms with Gasteiger partial charge in [-0.3, -0.25) is 4.68 Å². The van der Waals surface area contributed by atoms with Gasteiger partial charge in [0.2, 0.25) is 0 Å². The largest absolute Gasteiger partial charge is 0.336 e. The van der Waals surface area contributed by atoms with Crippen molar-refractivity contribution in [2.24, 2.45) is 12.8 Å². The van der Waals surface area contributed by atoms with Gasteiger partial charge in [0.1, 0.15) is 11.9 Å². The smallest absolute Gasteiger partial charge is 0.131 e. The maximum absolute atomic E-state index is 6.14. The number of aryl methyl sites for hydroxylation is 2. The molecule has 80 valence electrons. The molecule has 0 amide bonds. The van der Waals surface area contributed by atoms with E-state index in [-0.39, 0.29) is 6.04 Å². The van der Waals surface area contributed by atoms with Gasteiger partial charge in [-0.25, -0.2) is 4.98 Å². The fraction of sp³-hybridized carbons (Fsp3) is 0.400. The molecule has 15 heavy (non-hydrogen) atoms. The van der Waals surface area contributed by atoms with Gasteiger partial charge in [-0.15, -0.1) is 0 Å². The predicted octanol–water partition coefficient (Wildman–Crippen LogP) is 0.685. The van der Waals surface area contributed by atoms with Gasteiger partial charge in [-0.2, -0.15) is 5.10 Å². The summed E-state index contributed by atoms with van der Waals surface area (Å²) in [7, 11) is 1.94. The Bertz CT molecular complexity index is 442. The van der Waals surface area contributed by atoms with Gasteiger partial charge in [0.25, 0.3) is 0 Å². The van der Waals surface area contributed by atoms with E-state index in [1.165, 1.54) is 0 Å². The lowest BCUT2D eigenvalue weighted by Gasteiger charge is -2.12. The molecule has 0 aliphatic rings. The molecular formula is C10H15N5. The minimum Gasteiger partial charge on any atom is -0.336 e. The summed E-state index contributed by atoms with van der Waals surface area (Å²) in [5.41, 5.74) is 7.13. The second-order valence-electron chi connectivity index (χ2n) is 3.45. The molecule has 2 heterocycles. The second kappa shape index (κ2) is 3.86. The molecule has 0 saturated carbocycles. The van der Waals surface area contributed by atoms with Crippen molar-refractivity contribution < 1.29 is 0 Å². The Labute approximate surface area is 88.5 Å². The summed E-state index contributed by atoms with van der Waals surface area (Å²) in [6.07, 6.45) is 5.41. The van der Waals surface area contributed by atoms with E-state index in [1.54, 1.807) is 12.4 Å². The minimum atomic E-state index is -0.215. The fourth-order valence-electron chi connectivity index (χ4n) is 1.68. The lowest BCUT2D eigenvalue weighted by Crippen LogP contribution is -2.20. The van der Waals surface area contributed by atoms with E-state index in [2.05, 4.69) is 10.1 Å². The van der Waals surface area contributed by atoms with Gasteiger partial charge in [0, 0.05) is 32.2 Å². The predicted molar refractivity (Wildman–Crippen MR) is 57.1 cm³/mol. The fourth-order valence-corrected chi connectivity index (χ4v) is 1.68. The quantitative estimate of drug-likeness (QED) is 0.801. The van der Waals surface area contributed by atoms with Crippen LogP contribution in [0.3, 0.4) is 0 Å². The average Bonchev–Trinajstić information content (AvgIpc) is 2.84. The Morgan fingerprint density at radius 3 is 2.87 bits per heavy atom. The molecule has 5 heteroatoms. The van der Waals surface area contributed by atoms with E-state index < -0.39 is 0 Å². The van der Waals surface area contributed by atoms with Crippen molar-refractivity contribution >= 4 is 0 Å². The zero-order valence-electron chi connectivity index (χ0n) is 8.96. The molecule has 1 atom stereocenters. The summed E-state index contributed by atoms with van der Waals surface area (Å²) in [4.78, 5) is 4.24. The summed E-state index contributed by atoms with van der Waals surface area (Å²) < 4.78 is 3.82. The zero-order valence-corrected chi connectivity index (χ0v) is 8.96. The highest BCUT2D eigenvalue weighted by Gasteiger charge is 2.16. The van der Waals surface area contributed by atoms with Crippen LogP contribution in [0.5, 0.6) is 0 Å². The van der Waals surface area contributed by atoms with Gasteiger partial charge in [0.15, 0.2) is 0 Å². The Morgan fingerprint density at radius 2 is 2.27 bits per heavy atom. The number of hydrogen-bond donors (Lipinski definition) is 1. The summed E-state index contributed by atoms with van der Waals surface area (Å²) >= 11 is 0. The van der Waals surface area contributed by atoms with Crippen molar-refractivity contribution in [3.05, 3.63) is 36.2 Å². The molecule has 2 N–H and O–H groups in total. The number of rotatable bonds is 3. The van der Waals surface area contributed by atoms with Crippen molar-refractivity contribution in [1.29, 1.82) is 0 Å². The number of aromatic nitrogens is 4. The van der Waals surface area contributed by atoms with Crippen LogP contribution < -0.4 is 5.73 Å². The van der Waals surface area contributed by atoms with E-state index in [4.69, 9.17) is 5.73 Å². The highest BCUT2D eigenvalue weighted by atomic mass is 15.3. The molecule has 0 spiro atoms. The Balaban J connectivity index is 2.36. The Morgan fingerprint density at radius 1 is 1.47 bits per heavy atom. The van der Waals surface area contributed by atoms with Crippen LogP contribution in [0.2, 0.25) is 0 Å². The Kier molecular flexibility index (Phi) is 2.55. The molecule has 0 aromatic carbocycles. The topological polar surface area (TPSA) is 61.7 Å². The van der Waals surface area contributed by atoms with Gasteiger partial charge in [0.05, 0.1) is 5.69 Å². The van der Waals surface area contributed by atoms with Crippen molar-refractivity contribution in [3.8, 4) is 0 Å². The van der Waals surface area contributed by atoms with Gasteiger partial charge >= 0.3 is 0 Å². The third kappa shape index (κ3) is 1.66. The third-order valence-corrected chi connectivity index (χ3v) is 2.50. The summed E-state index contributed by atoms with van der Waals surface area (Å²) in [6, 6.07) is 1.72. The summed E-state index contributed by atoms with van der Waals surface area (Å²) in [5, 5.41) is 4.19. The number of imidazole rings is 1. The number of hydrogen-bond acceptors (Lipinski definition) is 3. The van der Waals surface area contributed by atoms with Crippen molar-refractivity contribution in [3.63, 3.8) is 0 Å². The van der Waals surface area contributed by atoms with Crippen LogP contribution in [0, 0.1) is 0 Å². The third-order valence-electron chi connectivity index (χ3n) is 2.50. The van der Waals surface area contributed by atoms with E-state index >= 15 is 0 Å². The van der Waals surface area contributed by atoms with Crippen molar-refractivity contribution in [1.82, 2.24) is 19.3 Å². The monoisotopic (exact) mass is 205 g/mol. The first-order chi connectivity index (χ1) is 7.24. The molecule has 1 unspecified atom stereocenters. The lowest BCUT2D eigenvalue weighted by atomic mass is 10.2.